The highest BCUT2D eigenvalue weighted by atomic mass is 16.2. The first-order valence-corrected chi connectivity index (χ1v) is 6.99. The van der Waals surface area contributed by atoms with Crippen molar-refractivity contribution in [1.29, 1.82) is 0 Å². The molecule has 0 saturated heterocycles. The summed E-state index contributed by atoms with van der Waals surface area (Å²) in [6, 6.07) is 11.8. The molecule has 0 radical (unpaired) electrons. The second kappa shape index (κ2) is 7.21. The first-order chi connectivity index (χ1) is 10.6. The lowest BCUT2D eigenvalue weighted by atomic mass is 10.1. The summed E-state index contributed by atoms with van der Waals surface area (Å²) < 4.78 is 0. The number of para-hydroxylation sites is 1. The van der Waals surface area contributed by atoms with Crippen LogP contribution in [0.5, 0.6) is 0 Å². The Kier molecular flexibility index (Phi) is 5.08. The zero-order chi connectivity index (χ0) is 15.9. The fourth-order valence-electron chi connectivity index (χ4n) is 1.91. The van der Waals surface area contributed by atoms with Crippen molar-refractivity contribution in [3.63, 3.8) is 0 Å². The van der Waals surface area contributed by atoms with Crippen LogP contribution in [0.15, 0.2) is 42.5 Å². The molecule has 0 atom stereocenters. The summed E-state index contributed by atoms with van der Waals surface area (Å²) in [4.78, 5) is 28.2. The Bertz CT molecular complexity index is 685. The number of aryl methyl sites for hydroxylation is 1. The molecule has 1 aromatic carbocycles. The van der Waals surface area contributed by atoms with Crippen LogP contribution in [0.2, 0.25) is 0 Å². The van der Waals surface area contributed by atoms with Gasteiger partial charge in [-0.1, -0.05) is 18.2 Å². The van der Waals surface area contributed by atoms with E-state index in [1.165, 1.54) is 0 Å². The molecule has 6 heteroatoms. The van der Waals surface area contributed by atoms with Crippen LogP contribution in [-0.2, 0) is 0 Å². The highest BCUT2D eigenvalue weighted by molar-refractivity contribution is 6.09. The predicted molar refractivity (Wildman–Crippen MR) is 86.1 cm³/mol. The molecule has 1 aromatic heterocycles. The molecule has 0 saturated carbocycles. The van der Waals surface area contributed by atoms with Gasteiger partial charge in [0.25, 0.3) is 5.91 Å². The van der Waals surface area contributed by atoms with Crippen LogP contribution >= 0.6 is 0 Å². The largest absolute Gasteiger partial charge is 0.338 e. The molecule has 0 spiro atoms. The highest BCUT2D eigenvalue weighted by Crippen LogP contribution is 2.16. The van der Waals surface area contributed by atoms with Gasteiger partial charge in [0.2, 0.25) is 0 Å². The van der Waals surface area contributed by atoms with Crippen LogP contribution in [0.3, 0.4) is 0 Å². The maximum atomic E-state index is 12.4. The molecular formula is C16H18N4O2. The normalized spacial score (nSPS) is 9.91. The lowest BCUT2D eigenvalue weighted by Crippen LogP contribution is -2.29. The fraction of sp³-hybridized carbons (Fsp3) is 0.188. The molecule has 0 fully saturated rings. The minimum absolute atomic E-state index is 0.328. The molecule has 0 aliphatic rings. The number of anilines is 2. The van der Waals surface area contributed by atoms with E-state index >= 15 is 0 Å². The summed E-state index contributed by atoms with van der Waals surface area (Å²) in [6.45, 7) is 4.18. The van der Waals surface area contributed by atoms with Gasteiger partial charge in [-0.15, -0.1) is 0 Å². The van der Waals surface area contributed by atoms with E-state index in [1.807, 2.05) is 26.0 Å². The highest BCUT2D eigenvalue weighted by Gasteiger charge is 2.13. The van der Waals surface area contributed by atoms with Gasteiger partial charge in [-0.3, -0.25) is 4.79 Å². The average molecular weight is 298 g/mol. The number of urea groups is 1. The third-order valence-electron chi connectivity index (χ3n) is 2.89. The number of hydrogen-bond donors (Lipinski definition) is 3. The lowest BCUT2D eigenvalue weighted by molar-refractivity contribution is 0.102. The maximum Gasteiger partial charge on any atom is 0.319 e. The van der Waals surface area contributed by atoms with Crippen molar-refractivity contribution in [3.05, 3.63) is 53.7 Å². The number of aromatic nitrogens is 1. The quantitative estimate of drug-likeness (QED) is 0.811. The van der Waals surface area contributed by atoms with Crippen LogP contribution in [0, 0.1) is 6.92 Å². The molecule has 0 bridgehead atoms. The van der Waals surface area contributed by atoms with Crippen LogP contribution in [0.25, 0.3) is 0 Å². The summed E-state index contributed by atoms with van der Waals surface area (Å²) in [7, 11) is 0. The first-order valence-electron chi connectivity index (χ1n) is 6.99. The Labute approximate surface area is 129 Å². The monoisotopic (exact) mass is 298 g/mol. The van der Waals surface area contributed by atoms with Crippen LogP contribution < -0.4 is 16.0 Å². The molecule has 6 nitrogen and oxygen atoms in total. The van der Waals surface area contributed by atoms with E-state index < -0.39 is 0 Å². The fourth-order valence-corrected chi connectivity index (χ4v) is 1.91. The Morgan fingerprint density at radius 2 is 1.82 bits per heavy atom. The minimum atomic E-state index is -0.351. The minimum Gasteiger partial charge on any atom is -0.338 e. The van der Waals surface area contributed by atoms with E-state index in [9.17, 15) is 9.59 Å². The van der Waals surface area contributed by atoms with Gasteiger partial charge >= 0.3 is 6.03 Å². The summed E-state index contributed by atoms with van der Waals surface area (Å²) >= 11 is 0. The van der Waals surface area contributed by atoms with Gasteiger partial charge in [-0.2, -0.15) is 0 Å². The van der Waals surface area contributed by atoms with Crippen molar-refractivity contribution >= 4 is 23.4 Å². The van der Waals surface area contributed by atoms with E-state index in [4.69, 9.17) is 0 Å². The molecule has 3 N–H and O–H groups in total. The molecule has 0 aliphatic carbocycles. The number of rotatable bonds is 4. The van der Waals surface area contributed by atoms with E-state index in [0.717, 1.165) is 5.69 Å². The van der Waals surface area contributed by atoms with Crippen molar-refractivity contribution in [2.45, 2.75) is 13.8 Å². The zero-order valence-electron chi connectivity index (χ0n) is 12.5. The topological polar surface area (TPSA) is 83.1 Å². The number of carbonyl (C=O) groups is 2. The summed E-state index contributed by atoms with van der Waals surface area (Å²) in [6.07, 6.45) is 0. The SMILES string of the molecule is CCNC(=O)Nc1ccccc1C(=O)Nc1cccc(C)n1. The van der Waals surface area contributed by atoms with Crippen molar-refractivity contribution in [1.82, 2.24) is 10.3 Å². The number of amides is 3. The van der Waals surface area contributed by atoms with E-state index in [0.29, 0.717) is 23.6 Å². The van der Waals surface area contributed by atoms with E-state index in [2.05, 4.69) is 20.9 Å². The van der Waals surface area contributed by atoms with Crippen molar-refractivity contribution in [2.75, 3.05) is 17.2 Å². The molecule has 0 aliphatic heterocycles. The molecule has 2 aromatic rings. The third kappa shape index (κ3) is 4.05. The van der Waals surface area contributed by atoms with Gasteiger partial charge in [-0.05, 0) is 38.1 Å². The Morgan fingerprint density at radius 1 is 1.05 bits per heavy atom. The molecule has 22 heavy (non-hydrogen) atoms. The van der Waals surface area contributed by atoms with Crippen LogP contribution in [0.1, 0.15) is 23.0 Å². The summed E-state index contributed by atoms with van der Waals surface area (Å²) in [5.41, 5.74) is 1.63. The first kappa shape index (κ1) is 15.5. The number of hydrogen-bond acceptors (Lipinski definition) is 3. The van der Waals surface area contributed by atoms with E-state index in [-0.39, 0.29) is 11.9 Å². The predicted octanol–water partition coefficient (Wildman–Crippen LogP) is 2.78. The van der Waals surface area contributed by atoms with Gasteiger partial charge in [0, 0.05) is 12.2 Å². The standard InChI is InChI=1S/C16H18N4O2/c1-3-17-16(22)19-13-9-5-4-8-12(13)15(21)20-14-10-6-7-11(2)18-14/h4-10H,3H2,1-2H3,(H2,17,19,22)(H,18,20,21). The molecular weight excluding hydrogens is 280 g/mol. The van der Waals surface area contributed by atoms with Crippen LogP contribution in [0.4, 0.5) is 16.3 Å². The zero-order valence-corrected chi connectivity index (χ0v) is 12.5. The van der Waals surface area contributed by atoms with Gasteiger partial charge in [0.05, 0.1) is 11.3 Å². The number of carbonyl (C=O) groups excluding carboxylic acids is 2. The number of nitrogens with one attached hydrogen (secondary N) is 3. The van der Waals surface area contributed by atoms with E-state index in [1.54, 1.807) is 30.3 Å². The van der Waals surface area contributed by atoms with Gasteiger partial charge in [0.15, 0.2) is 0 Å². The second-order valence-corrected chi connectivity index (χ2v) is 4.65. The van der Waals surface area contributed by atoms with Crippen molar-refractivity contribution < 1.29 is 9.59 Å². The Balaban J connectivity index is 2.17. The van der Waals surface area contributed by atoms with Gasteiger partial charge in [-0.25, -0.2) is 9.78 Å². The van der Waals surface area contributed by atoms with Crippen molar-refractivity contribution in [2.24, 2.45) is 0 Å². The number of pyridine rings is 1. The van der Waals surface area contributed by atoms with Crippen LogP contribution in [-0.4, -0.2) is 23.5 Å². The Morgan fingerprint density at radius 3 is 2.55 bits per heavy atom. The van der Waals surface area contributed by atoms with Gasteiger partial charge in [0.1, 0.15) is 5.82 Å². The lowest BCUT2D eigenvalue weighted by Gasteiger charge is -2.11. The Hall–Kier alpha value is -2.89. The summed E-state index contributed by atoms with van der Waals surface area (Å²) in [5, 5.41) is 8.00. The maximum absolute atomic E-state index is 12.4. The third-order valence-corrected chi connectivity index (χ3v) is 2.89. The molecule has 2 rings (SSSR count). The van der Waals surface area contributed by atoms with Crippen molar-refractivity contribution in [3.8, 4) is 0 Å². The average Bonchev–Trinajstić information content (AvgIpc) is 2.48. The smallest absolute Gasteiger partial charge is 0.319 e. The molecule has 114 valence electrons. The molecule has 0 unspecified atom stereocenters. The number of nitrogens with zero attached hydrogens (tertiary/aromatic N) is 1. The van der Waals surface area contributed by atoms with Gasteiger partial charge < -0.3 is 16.0 Å². The second-order valence-electron chi connectivity index (χ2n) is 4.65. The molecule has 1 heterocycles. The summed E-state index contributed by atoms with van der Waals surface area (Å²) in [5.74, 6) is 0.142. The molecule has 3 amide bonds. The number of benzene rings is 1.